The third-order valence-corrected chi connectivity index (χ3v) is 5.33. The fourth-order valence-electron chi connectivity index (χ4n) is 3.65. The van der Waals surface area contributed by atoms with E-state index in [0.717, 1.165) is 53.9 Å². The van der Waals surface area contributed by atoms with Crippen LogP contribution in [0.2, 0.25) is 0 Å². The highest BCUT2D eigenvalue weighted by molar-refractivity contribution is 5.92. The van der Waals surface area contributed by atoms with Crippen molar-refractivity contribution in [3.05, 3.63) is 65.7 Å². The largest absolute Gasteiger partial charge is 0.291 e. The number of unbranched alkanes of at least 4 members (excludes halogenated alkanes) is 1. The number of aromatic nitrogens is 7. The zero-order chi connectivity index (χ0) is 22.3. The maximum absolute atomic E-state index is 12.4. The Morgan fingerprint density at radius 1 is 1.00 bits per heavy atom. The predicted molar refractivity (Wildman–Crippen MR) is 122 cm³/mol. The molecule has 1 N–H and O–H groups in total. The molecule has 8 nitrogen and oxygen atoms in total. The molecule has 0 unspecified atom stereocenters. The number of ketones is 1. The van der Waals surface area contributed by atoms with Gasteiger partial charge in [-0.25, -0.2) is 9.67 Å². The number of rotatable bonds is 10. The number of aromatic amines is 1. The molecule has 0 aliphatic rings. The van der Waals surface area contributed by atoms with Gasteiger partial charge in [-0.15, -0.1) is 15.3 Å². The van der Waals surface area contributed by atoms with Gasteiger partial charge >= 0.3 is 0 Å². The molecule has 8 heteroatoms. The minimum Gasteiger partial charge on any atom is -0.291 e. The normalized spacial score (nSPS) is 11.1. The molecule has 32 heavy (non-hydrogen) atoms. The van der Waals surface area contributed by atoms with E-state index in [1.54, 1.807) is 0 Å². The van der Waals surface area contributed by atoms with Gasteiger partial charge in [0.15, 0.2) is 0 Å². The molecule has 0 bridgehead atoms. The second kappa shape index (κ2) is 10.1. The molecule has 2 aromatic heterocycles. The summed E-state index contributed by atoms with van der Waals surface area (Å²) >= 11 is 0. The molecule has 4 aromatic rings. The fraction of sp³-hybridized carbons (Fsp3) is 0.333. The lowest BCUT2D eigenvalue weighted by atomic mass is 9.98. The van der Waals surface area contributed by atoms with Gasteiger partial charge in [0.25, 0.3) is 0 Å². The van der Waals surface area contributed by atoms with Crippen LogP contribution in [0, 0.1) is 0 Å². The van der Waals surface area contributed by atoms with Crippen LogP contribution < -0.4 is 0 Å². The standard InChI is InChI=1S/C24H27N7O/c1-3-5-10-21(32)24-25-22(31(28-24)15-4-2)16-17-11-13-18(14-12-17)19-8-6-7-9-20(19)23-26-29-30-27-23/h6-9,11-14H,3-5,10,15-16H2,1-2H3,(H,26,27,29,30). The average Bonchev–Trinajstić information content (AvgIpc) is 3.49. The van der Waals surface area contributed by atoms with Crippen LogP contribution >= 0.6 is 0 Å². The molecule has 0 radical (unpaired) electrons. The topological polar surface area (TPSA) is 102 Å². The lowest BCUT2D eigenvalue weighted by Crippen LogP contribution is -2.06. The molecule has 0 atom stereocenters. The number of H-pyrrole nitrogens is 1. The first-order valence-corrected chi connectivity index (χ1v) is 11.1. The van der Waals surface area contributed by atoms with E-state index in [1.807, 2.05) is 28.9 Å². The van der Waals surface area contributed by atoms with Gasteiger partial charge in [-0.2, -0.15) is 5.21 Å². The summed E-state index contributed by atoms with van der Waals surface area (Å²) < 4.78 is 1.87. The van der Waals surface area contributed by atoms with Crippen molar-refractivity contribution < 1.29 is 4.79 Å². The van der Waals surface area contributed by atoms with Crippen LogP contribution in [-0.4, -0.2) is 41.2 Å². The van der Waals surface area contributed by atoms with E-state index in [4.69, 9.17) is 0 Å². The number of nitrogens with zero attached hydrogens (tertiary/aromatic N) is 6. The molecular weight excluding hydrogens is 402 g/mol. The summed E-state index contributed by atoms with van der Waals surface area (Å²) in [5, 5.41) is 18.9. The lowest BCUT2D eigenvalue weighted by Gasteiger charge is -2.08. The number of nitrogens with one attached hydrogen (secondary N) is 1. The second-order valence-corrected chi connectivity index (χ2v) is 7.76. The van der Waals surface area contributed by atoms with Gasteiger partial charge in [0.1, 0.15) is 5.82 Å². The Hall–Kier alpha value is -3.68. The van der Waals surface area contributed by atoms with E-state index in [0.29, 0.717) is 24.5 Å². The molecule has 2 heterocycles. The van der Waals surface area contributed by atoms with Gasteiger partial charge in [-0.1, -0.05) is 68.8 Å². The van der Waals surface area contributed by atoms with Gasteiger partial charge in [0, 0.05) is 24.9 Å². The van der Waals surface area contributed by atoms with Crippen molar-refractivity contribution in [2.75, 3.05) is 0 Å². The van der Waals surface area contributed by atoms with Gasteiger partial charge in [-0.05, 0) is 34.7 Å². The molecular formula is C24H27N7O. The molecule has 0 spiro atoms. The molecule has 0 fully saturated rings. The number of carbonyl (C=O) groups is 1. The van der Waals surface area contributed by atoms with E-state index in [2.05, 4.69) is 68.8 Å². The van der Waals surface area contributed by atoms with Crippen molar-refractivity contribution in [1.29, 1.82) is 0 Å². The summed E-state index contributed by atoms with van der Waals surface area (Å²) in [5.74, 6) is 1.76. The van der Waals surface area contributed by atoms with Gasteiger partial charge in [0.2, 0.25) is 17.4 Å². The van der Waals surface area contributed by atoms with Crippen LogP contribution in [0.3, 0.4) is 0 Å². The van der Waals surface area contributed by atoms with Crippen LogP contribution in [0.5, 0.6) is 0 Å². The summed E-state index contributed by atoms with van der Waals surface area (Å²) in [5.41, 5.74) is 4.15. The fourth-order valence-corrected chi connectivity index (χ4v) is 3.65. The van der Waals surface area contributed by atoms with Crippen LogP contribution in [0.4, 0.5) is 0 Å². The number of hydrogen-bond donors (Lipinski definition) is 1. The number of tetrazole rings is 1. The number of aryl methyl sites for hydroxylation is 1. The summed E-state index contributed by atoms with van der Waals surface area (Å²) in [6.45, 7) is 4.92. The van der Waals surface area contributed by atoms with E-state index < -0.39 is 0 Å². The Kier molecular flexibility index (Phi) is 6.79. The minimum absolute atomic E-state index is 0.0244. The van der Waals surface area contributed by atoms with Gasteiger partial charge in [0.05, 0.1) is 0 Å². The van der Waals surface area contributed by atoms with Gasteiger partial charge < -0.3 is 0 Å². The Labute approximate surface area is 187 Å². The summed E-state index contributed by atoms with van der Waals surface area (Å²) in [6, 6.07) is 16.3. The third-order valence-electron chi connectivity index (χ3n) is 5.33. The van der Waals surface area contributed by atoms with Crippen LogP contribution in [0.1, 0.15) is 61.5 Å². The third kappa shape index (κ3) is 4.80. The maximum atomic E-state index is 12.4. The van der Waals surface area contributed by atoms with E-state index in [1.165, 1.54) is 0 Å². The highest BCUT2D eigenvalue weighted by Gasteiger charge is 2.16. The summed E-state index contributed by atoms with van der Waals surface area (Å²) in [7, 11) is 0. The predicted octanol–water partition coefficient (Wildman–Crippen LogP) is 4.50. The molecule has 0 amide bonds. The van der Waals surface area contributed by atoms with E-state index >= 15 is 0 Å². The molecule has 0 saturated heterocycles. The molecule has 164 valence electrons. The van der Waals surface area contributed by atoms with Crippen LogP contribution in [-0.2, 0) is 13.0 Å². The smallest absolute Gasteiger partial charge is 0.217 e. The zero-order valence-corrected chi connectivity index (χ0v) is 18.5. The Morgan fingerprint density at radius 2 is 1.78 bits per heavy atom. The molecule has 4 rings (SSSR count). The summed E-state index contributed by atoms with van der Waals surface area (Å²) in [4.78, 5) is 17.0. The van der Waals surface area contributed by atoms with Crippen molar-refractivity contribution in [1.82, 2.24) is 35.4 Å². The second-order valence-electron chi connectivity index (χ2n) is 7.76. The van der Waals surface area contributed by atoms with Crippen LogP contribution in [0.25, 0.3) is 22.5 Å². The Morgan fingerprint density at radius 3 is 2.47 bits per heavy atom. The Balaban J connectivity index is 1.56. The van der Waals surface area contributed by atoms with Crippen molar-refractivity contribution in [2.24, 2.45) is 0 Å². The van der Waals surface area contributed by atoms with E-state index in [9.17, 15) is 4.79 Å². The highest BCUT2D eigenvalue weighted by atomic mass is 16.1. The highest BCUT2D eigenvalue weighted by Crippen LogP contribution is 2.30. The molecule has 0 saturated carbocycles. The number of benzene rings is 2. The minimum atomic E-state index is 0.0244. The quantitative estimate of drug-likeness (QED) is 0.372. The maximum Gasteiger partial charge on any atom is 0.217 e. The first-order chi connectivity index (χ1) is 15.7. The number of Topliss-reactive ketones (excluding diaryl/α,β-unsaturated/α-hetero) is 1. The number of carbonyl (C=O) groups excluding carboxylic acids is 1. The van der Waals surface area contributed by atoms with Crippen molar-refractivity contribution in [3.8, 4) is 22.5 Å². The van der Waals surface area contributed by atoms with Crippen molar-refractivity contribution in [3.63, 3.8) is 0 Å². The molecule has 0 aliphatic carbocycles. The number of hydrogen-bond acceptors (Lipinski definition) is 6. The zero-order valence-electron chi connectivity index (χ0n) is 18.5. The summed E-state index contributed by atoms with van der Waals surface area (Å²) in [6.07, 6.45) is 3.91. The molecule has 2 aromatic carbocycles. The van der Waals surface area contributed by atoms with Crippen molar-refractivity contribution >= 4 is 5.78 Å². The average molecular weight is 430 g/mol. The molecule has 0 aliphatic heterocycles. The SMILES string of the molecule is CCCCC(=O)c1nc(Cc2ccc(-c3ccccc3-c3nn[nH]n3)cc2)n(CCC)n1. The Bertz CT molecular complexity index is 1160. The first kappa shape index (κ1) is 21.5. The first-order valence-electron chi connectivity index (χ1n) is 11.1. The van der Waals surface area contributed by atoms with Crippen LogP contribution in [0.15, 0.2) is 48.5 Å². The lowest BCUT2D eigenvalue weighted by molar-refractivity contribution is 0.0969. The van der Waals surface area contributed by atoms with E-state index in [-0.39, 0.29) is 5.78 Å². The van der Waals surface area contributed by atoms with Gasteiger partial charge in [-0.3, -0.25) is 4.79 Å². The monoisotopic (exact) mass is 429 g/mol. The van der Waals surface area contributed by atoms with Crippen molar-refractivity contribution in [2.45, 2.75) is 52.5 Å².